The second kappa shape index (κ2) is 16.0. The summed E-state index contributed by atoms with van der Waals surface area (Å²) >= 11 is 0. The fourth-order valence-electron chi connectivity index (χ4n) is 10.1. The van der Waals surface area contributed by atoms with Gasteiger partial charge in [0.1, 0.15) is 0 Å². The number of rotatable bonds is 7. The summed E-state index contributed by atoms with van der Waals surface area (Å²) in [5.41, 5.74) is 15.5. The van der Waals surface area contributed by atoms with Gasteiger partial charge >= 0.3 is 0 Å². The minimum atomic E-state index is 0.701. The molecular weight excluding hydrogens is 811 g/mol. The van der Waals surface area contributed by atoms with Crippen molar-refractivity contribution in [2.45, 2.75) is 0 Å². The molecule has 2 aromatic heterocycles. The fraction of sp³-hybridized carbons (Fsp3) is 0. The first-order chi connectivity index (χ1) is 33.2. The monoisotopic (exact) mass is 851 g/mol. The van der Waals surface area contributed by atoms with E-state index >= 15 is 0 Å². The van der Waals surface area contributed by atoms with E-state index in [1.165, 1.54) is 70.9 Å². The minimum absolute atomic E-state index is 0.701. The molecule has 13 aromatic rings. The van der Waals surface area contributed by atoms with Crippen molar-refractivity contribution in [1.29, 1.82) is 0 Å². The molecule has 0 aliphatic rings. The van der Waals surface area contributed by atoms with Gasteiger partial charge < -0.3 is 4.57 Å². The van der Waals surface area contributed by atoms with E-state index in [1.54, 1.807) is 0 Å². The quantitative estimate of drug-likeness (QED) is 0.118. The second-order valence-electron chi connectivity index (χ2n) is 17.3. The molecule has 13 rings (SSSR count). The second-order valence-corrected chi connectivity index (χ2v) is 17.3. The van der Waals surface area contributed by atoms with Crippen LogP contribution in [0.5, 0.6) is 0 Å². The molecule has 0 fully saturated rings. The number of aromatic nitrogens is 3. The Morgan fingerprint density at radius 3 is 1.45 bits per heavy atom. The number of hydrogen-bond acceptors (Lipinski definition) is 2. The Morgan fingerprint density at radius 2 is 0.761 bits per heavy atom. The van der Waals surface area contributed by atoms with Crippen molar-refractivity contribution < 1.29 is 0 Å². The first-order valence-electron chi connectivity index (χ1n) is 22.9. The molecule has 0 aliphatic carbocycles. The molecule has 0 saturated heterocycles. The van der Waals surface area contributed by atoms with Crippen LogP contribution in [0, 0.1) is 0 Å². The molecule has 11 aromatic carbocycles. The summed E-state index contributed by atoms with van der Waals surface area (Å²) in [7, 11) is 0. The molecule has 0 N–H and O–H groups in total. The third-order valence-electron chi connectivity index (χ3n) is 13.4. The van der Waals surface area contributed by atoms with Crippen LogP contribution in [-0.4, -0.2) is 14.5 Å². The van der Waals surface area contributed by atoms with Crippen molar-refractivity contribution in [1.82, 2.24) is 14.5 Å². The van der Waals surface area contributed by atoms with Gasteiger partial charge in [0.05, 0.1) is 22.4 Å². The zero-order valence-corrected chi connectivity index (χ0v) is 36.5. The van der Waals surface area contributed by atoms with Crippen LogP contribution in [0.2, 0.25) is 0 Å². The molecule has 0 atom stereocenters. The van der Waals surface area contributed by atoms with Crippen LogP contribution in [0.1, 0.15) is 0 Å². The van der Waals surface area contributed by atoms with Crippen LogP contribution in [0.15, 0.2) is 249 Å². The summed E-state index contributed by atoms with van der Waals surface area (Å²) < 4.78 is 2.34. The van der Waals surface area contributed by atoms with Gasteiger partial charge in [0.15, 0.2) is 5.82 Å². The maximum atomic E-state index is 5.19. The normalized spacial score (nSPS) is 11.6. The minimum Gasteiger partial charge on any atom is -0.309 e. The molecule has 0 radical (unpaired) electrons. The summed E-state index contributed by atoms with van der Waals surface area (Å²) in [5.74, 6) is 0.701. The van der Waals surface area contributed by atoms with Gasteiger partial charge in [0.25, 0.3) is 0 Å². The maximum Gasteiger partial charge on any atom is 0.160 e. The largest absolute Gasteiger partial charge is 0.309 e. The summed E-state index contributed by atoms with van der Waals surface area (Å²) in [4.78, 5) is 10.3. The predicted octanol–water partition coefficient (Wildman–Crippen LogP) is 17.0. The lowest BCUT2D eigenvalue weighted by molar-refractivity contribution is 1.18. The molecule has 67 heavy (non-hydrogen) atoms. The molecule has 0 unspecified atom stereocenters. The van der Waals surface area contributed by atoms with Gasteiger partial charge in [-0.15, -0.1) is 0 Å². The van der Waals surface area contributed by atoms with E-state index in [-0.39, 0.29) is 0 Å². The average Bonchev–Trinajstić information content (AvgIpc) is 3.74. The van der Waals surface area contributed by atoms with E-state index in [2.05, 4.69) is 235 Å². The van der Waals surface area contributed by atoms with Crippen molar-refractivity contribution in [3.05, 3.63) is 249 Å². The topological polar surface area (TPSA) is 30.7 Å². The highest BCUT2D eigenvalue weighted by molar-refractivity contribution is 6.20. The molecule has 3 heteroatoms. The summed E-state index contributed by atoms with van der Waals surface area (Å²) in [6.45, 7) is 0. The van der Waals surface area contributed by atoms with Gasteiger partial charge in [0, 0.05) is 33.2 Å². The van der Waals surface area contributed by atoms with Gasteiger partial charge in [-0.1, -0.05) is 206 Å². The third kappa shape index (κ3) is 6.76. The van der Waals surface area contributed by atoms with Crippen molar-refractivity contribution >= 4 is 54.1 Å². The SMILES string of the molecule is c1ccc(-c2nc(-c3ccc(-c4ccc(-c5ccc(-c6c7ccccc7cc7c6ccc6ccccc67)cc5)cc4)cc3)cc(-c3ccc4c(c3)c3ccccc3n4-c3ccccc3)n2)cc1. The number of para-hydroxylation sites is 2. The Morgan fingerprint density at radius 1 is 0.254 bits per heavy atom. The summed E-state index contributed by atoms with van der Waals surface area (Å²) in [6.07, 6.45) is 0. The van der Waals surface area contributed by atoms with E-state index in [0.29, 0.717) is 5.82 Å². The molecule has 0 amide bonds. The highest BCUT2D eigenvalue weighted by atomic mass is 15.0. The highest BCUT2D eigenvalue weighted by Gasteiger charge is 2.17. The molecule has 0 spiro atoms. The van der Waals surface area contributed by atoms with Gasteiger partial charge in [-0.3, -0.25) is 0 Å². The molecule has 0 aliphatic heterocycles. The maximum absolute atomic E-state index is 5.19. The Hall–Kier alpha value is -8.92. The average molecular weight is 852 g/mol. The molecule has 2 heterocycles. The first-order valence-corrected chi connectivity index (χ1v) is 22.9. The van der Waals surface area contributed by atoms with Gasteiger partial charge in [-0.2, -0.15) is 0 Å². The van der Waals surface area contributed by atoms with Crippen LogP contribution >= 0.6 is 0 Å². The van der Waals surface area contributed by atoms with Crippen LogP contribution in [0.3, 0.4) is 0 Å². The number of hydrogen-bond donors (Lipinski definition) is 0. The van der Waals surface area contributed by atoms with Crippen LogP contribution in [0.25, 0.3) is 127 Å². The molecular formula is C64H41N3. The zero-order valence-electron chi connectivity index (χ0n) is 36.5. The lowest BCUT2D eigenvalue weighted by Crippen LogP contribution is -1.96. The Kier molecular flexibility index (Phi) is 9.17. The van der Waals surface area contributed by atoms with Crippen molar-refractivity contribution in [3.63, 3.8) is 0 Å². The first kappa shape index (κ1) is 38.5. The van der Waals surface area contributed by atoms with Crippen molar-refractivity contribution in [2.24, 2.45) is 0 Å². The summed E-state index contributed by atoms with van der Waals surface area (Å²) in [5, 5.41) is 10.0. The molecule has 0 bridgehead atoms. The van der Waals surface area contributed by atoms with E-state index < -0.39 is 0 Å². The summed E-state index contributed by atoms with van der Waals surface area (Å²) in [6, 6.07) is 89.4. The zero-order chi connectivity index (χ0) is 44.3. The Balaban J connectivity index is 0.815. The van der Waals surface area contributed by atoms with Crippen LogP contribution in [0.4, 0.5) is 0 Å². The Bertz CT molecular complexity index is 3980. The highest BCUT2D eigenvalue weighted by Crippen LogP contribution is 2.41. The Labute approximate surface area is 388 Å². The van der Waals surface area contributed by atoms with E-state index in [4.69, 9.17) is 9.97 Å². The van der Waals surface area contributed by atoms with E-state index in [0.717, 1.165) is 50.4 Å². The van der Waals surface area contributed by atoms with Gasteiger partial charge in [-0.25, -0.2) is 9.97 Å². The number of benzene rings is 11. The van der Waals surface area contributed by atoms with Gasteiger partial charge in [-0.05, 0) is 108 Å². The standard InChI is InChI=1S/C64H41N3/c1-3-14-49(15-4-1)64-65-59(41-60(66-64)51-36-38-62-58(40-51)55-21-11-12-22-61(55)67(62)52-17-5-2-6-18-52)47-31-27-44(28-32-47)42-23-25-43(26-24-42)45-29-33-48(34-30-45)63-54-20-10-8-16-50(54)39-57-53-19-9-7-13-46(53)35-37-56(57)63/h1-41H. The predicted molar refractivity (Wildman–Crippen MR) is 282 cm³/mol. The third-order valence-corrected chi connectivity index (χ3v) is 13.4. The van der Waals surface area contributed by atoms with Crippen LogP contribution in [-0.2, 0) is 0 Å². The van der Waals surface area contributed by atoms with Crippen molar-refractivity contribution in [2.75, 3.05) is 0 Å². The number of fused-ring (bicyclic) bond motifs is 7. The van der Waals surface area contributed by atoms with Crippen molar-refractivity contribution in [3.8, 4) is 73.0 Å². The van der Waals surface area contributed by atoms with Gasteiger partial charge in [0.2, 0.25) is 0 Å². The lowest BCUT2D eigenvalue weighted by atomic mass is 9.89. The van der Waals surface area contributed by atoms with E-state index in [1.807, 2.05) is 18.2 Å². The van der Waals surface area contributed by atoms with Crippen LogP contribution < -0.4 is 0 Å². The number of nitrogens with zero attached hydrogens (tertiary/aromatic N) is 3. The molecule has 3 nitrogen and oxygen atoms in total. The molecule has 0 saturated carbocycles. The lowest BCUT2D eigenvalue weighted by Gasteiger charge is -2.14. The fourth-order valence-corrected chi connectivity index (χ4v) is 10.1. The molecule has 312 valence electrons. The smallest absolute Gasteiger partial charge is 0.160 e. The van der Waals surface area contributed by atoms with E-state index in [9.17, 15) is 0 Å².